The predicted molar refractivity (Wildman–Crippen MR) is 136 cm³/mol. The molecule has 0 aliphatic rings. The highest BCUT2D eigenvalue weighted by atomic mass is 16.5. The van der Waals surface area contributed by atoms with Gasteiger partial charge >= 0.3 is 18.2 Å². The molecule has 3 aromatic rings. The van der Waals surface area contributed by atoms with E-state index in [1.807, 2.05) is 30.3 Å². The summed E-state index contributed by atoms with van der Waals surface area (Å²) in [6.45, 7) is -0.329. The van der Waals surface area contributed by atoms with Crippen molar-refractivity contribution < 1.29 is 33.7 Å². The Morgan fingerprint density at radius 3 is 2.54 bits per heavy atom. The number of carboxylic acid groups (broad SMARTS) is 1. The molecule has 0 radical (unpaired) electrons. The van der Waals surface area contributed by atoms with Crippen LogP contribution in [0.4, 0.5) is 21.0 Å². The Hall–Kier alpha value is -4.64. The average Bonchev–Trinajstić information content (AvgIpc) is 2.90. The van der Waals surface area contributed by atoms with Gasteiger partial charge in [-0.1, -0.05) is 36.4 Å². The topological polar surface area (TPSA) is 162 Å². The average molecular weight is 509 g/mol. The van der Waals surface area contributed by atoms with Crippen LogP contribution in [0.2, 0.25) is 0 Å². The zero-order valence-corrected chi connectivity index (χ0v) is 20.2. The minimum absolute atomic E-state index is 0.0573. The molecule has 0 spiro atoms. The molecule has 11 heteroatoms. The summed E-state index contributed by atoms with van der Waals surface area (Å²) >= 11 is 0. The predicted octanol–water partition coefficient (Wildman–Crippen LogP) is 3.97. The zero-order valence-electron chi connectivity index (χ0n) is 20.2. The molecule has 5 N–H and O–H groups in total. The number of methoxy groups -OCH3 is 1. The lowest BCUT2D eigenvalue weighted by Crippen LogP contribution is -2.30. The van der Waals surface area contributed by atoms with E-state index in [4.69, 9.17) is 20.3 Å². The van der Waals surface area contributed by atoms with Gasteiger partial charge in [0.1, 0.15) is 13.2 Å². The summed E-state index contributed by atoms with van der Waals surface area (Å²) in [7, 11) is 1.26. The van der Waals surface area contributed by atoms with E-state index >= 15 is 0 Å². The molecule has 0 unspecified atom stereocenters. The number of rotatable bonds is 11. The fourth-order valence-corrected chi connectivity index (χ4v) is 3.56. The van der Waals surface area contributed by atoms with Crippen LogP contribution in [-0.2, 0) is 25.6 Å². The van der Waals surface area contributed by atoms with E-state index in [0.29, 0.717) is 28.1 Å². The van der Waals surface area contributed by atoms with Crippen molar-refractivity contribution in [2.75, 3.05) is 31.4 Å². The van der Waals surface area contributed by atoms with Gasteiger partial charge in [-0.05, 0) is 35.7 Å². The van der Waals surface area contributed by atoms with Crippen molar-refractivity contribution in [2.24, 2.45) is 0 Å². The van der Waals surface area contributed by atoms with Crippen molar-refractivity contribution in [2.45, 2.75) is 19.1 Å². The summed E-state index contributed by atoms with van der Waals surface area (Å²) in [5.74, 6) is -1.10. The fourth-order valence-electron chi connectivity index (χ4n) is 3.56. The molecule has 0 aliphatic heterocycles. The number of carbonyl (C=O) groups is 3. The van der Waals surface area contributed by atoms with Gasteiger partial charge in [-0.2, -0.15) is 0 Å². The number of nitrogens with zero attached hydrogens (tertiary/aromatic N) is 1. The van der Waals surface area contributed by atoms with Crippen LogP contribution < -0.4 is 16.4 Å². The summed E-state index contributed by atoms with van der Waals surface area (Å²) in [5.41, 5.74) is 9.89. The van der Waals surface area contributed by atoms with Crippen LogP contribution in [0.15, 0.2) is 67.0 Å². The molecule has 1 atom stereocenters. The first-order chi connectivity index (χ1) is 17.9. The number of nitrogens with two attached hydrogens (primary N) is 1. The summed E-state index contributed by atoms with van der Waals surface area (Å²) in [5, 5.41) is 14.2. The largest absolute Gasteiger partial charge is 0.480 e. The van der Waals surface area contributed by atoms with E-state index in [0.717, 1.165) is 5.56 Å². The standard InChI is InChI=1S/C26H28N4O7/c1-35-25(33)29-18-7-8-20(22(27)13-18)19-9-11-28-14-21(19)23(10-12-36-16-24(31)32)30-26(34)37-15-17-5-3-2-4-6-17/h2-9,11,13-14,23H,10,12,15-16,27H2,1H3,(H,29,33)(H,30,34)(H,31,32)/t23-/m0/s1. The third kappa shape index (κ3) is 8.22. The number of hydrogen-bond acceptors (Lipinski definition) is 8. The lowest BCUT2D eigenvalue weighted by atomic mass is 9.94. The molecule has 37 heavy (non-hydrogen) atoms. The molecule has 2 amide bonds. The molecule has 3 rings (SSSR count). The molecule has 194 valence electrons. The molecular formula is C26H28N4O7. The second-order valence-corrected chi connectivity index (χ2v) is 7.88. The van der Waals surface area contributed by atoms with Crippen molar-refractivity contribution in [3.63, 3.8) is 0 Å². The molecule has 0 bridgehead atoms. The number of aromatic nitrogens is 1. The molecule has 1 heterocycles. The minimum Gasteiger partial charge on any atom is -0.480 e. The molecule has 0 aliphatic carbocycles. The monoisotopic (exact) mass is 508 g/mol. The lowest BCUT2D eigenvalue weighted by Gasteiger charge is -2.22. The Morgan fingerprint density at radius 1 is 1.05 bits per heavy atom. The second-order valence-electron chi connectivity index (χ2n) is 7.88. The first-order valence-electron chi connectivity index (χ1n) is 11.3. The van der Waals surface area contributed by atoms with Crippen LogP contribution in [-0.4, -0.2) is 48.6 Å². The number of pyridine rings is 1. The van der Waals surface area contributed by atoms with Crippen molar-refractivity contribution >= 4 is 29.5 Å². The van der Waals surface area contributed by atoms with Crippen molar-refractivity contribution in [1.29, 1.82) is 0 Å². The van der Waals surface area contributed by atoms with E-state index < -0.39 is 30.8 Å². The Kier molecular flexibility index (Phi) is 9.80. The van der Waals surface area contributed by atoms with Gasteiger partial charge in [0.15, 0.2) is 0 Å². The Labute approximate surface area is 213 Å². The normalized spacial score (nSPS) is 11.3. The van der Waals surface area contributed by atoms with Gasteiger partial charge < -0.3 is 30.4 Å². The highest BCUT2D eigenvalue weighted by molar-refractivity contribution is 5.88. The summed E-state index contributed by atoms with van der Waals surface area (Å²) < 4.78 is 15.2. The summed E-state index contributed by atoms with van der Waals surface area (Å²) in [4.78, 5) is 39.2. The lowest BCUT2D eigenvalue weighted by molar-refractivity contribution is -0.142. The van der Waals surface area contributed by atoms with Crippen LogP contribution in [0.3, 0.4) is 0 Å². The van der Waals surface area contributed by atoms with Crippen LogP contribution >= 0.6 is 0 Å². The number of alkyl carbamates (subject to hydrolysis) is 1. The SMILES string of the molecule is COC(=O)Nc1ccc(-c2ccncc2[C@H](CCOCC(=O)O)NC(=O)OCc2ccccc2)c(N)c1. The van der Waals surface area contributed by atoms with E-state index in [-0.39, 0.29) is 19.6 Å². The minimum atomic E-state index is -1.10. The second kappa shape index (κ2) is 13.4. The number of ether oxygens (including phenoxy) is 3. The number of hydrogen-bond donors (Lipinski definition) is 4. The highest BCUT2D eigenvalue weighted by Gasteiger charge is 2.21. The Balaban J connectivity index is 1.83. The number of carboxylic acids is 1. The number of amides is 2. The molecule has 2 aromatic carbocycles. The maximum absolute atomic E-state index is 12.7. The van der Waals surface area contributed by atoms with E-state index in [1.165, 1.54) is 7.11 Å². The van der Waals surface area contributed by atoms with E-state index in [1.54, 1.807) is 36.7 Å². The van der Waals surface area contributed by atoms with Crippen LogP contribution in [0.25, 0.3) is 11.1 Å². The van der Waals surface area contributed by atoms with E-state index in [2.05, 4.69) is 20.4 Å². The van der Waals surface area contributed by atoms with Crippen molar-refractivity contribution in [3.8, 4) is 11.1 Å². The Morgan fingerprint density at radius 2 is 1.84 bits per heavy atom. The number of carbonyl (C=O) groups excluding carboxylic acids is 2. The number of benzene rings is 2. The quantitative estimate of drug-likeness (QED) is 0.222. The Bertz CT molecular complexity index is 1220. The van der Waals surface area contributed by atoms with Crippen LogP contribution in [0.1, 0.15) is 23.6 Å². The van der Waals surface area contributed by atoms with Gasteiger partial charge in [-0.15, -0.1) is 0 Å². The molecule has 0 saturated carbocycles. The van der Waals surface area contributed by atoms with Gasteiger partial charge in [0.2, 0.25) is 0 Å². The first-order valence-corrected chi connectivity index (χ1v) is 11.3. The summed E-state index contributed by atoms with van der Waals surface area (Å²) in [6.07, 6.45) is 2.14. The zero-order chi connectivity index (χ0) is 26.6. The van der Waals surface area contributed by atoms with Gasteiger partial charge in [0.25, 0.3) is 0 Å². The maximum atomic E-state index is 12.7. The number of aliphatic carboxylic acids is 1. The van der Waals surface area contributed by atoms with Gasteiger partial charge in [-0.25, -0.2) is 14.4 Å². The highest BCUT2D eigenvalue weighted by Crippen LogP contribution is 2.34. The van der Waals surface area contributed by atoms with E-state index in [9.17, 15) is 14.4 Å². The van der Waals surface area contributed by atoms with Crippen LogP contribution in [0.5, 0.6) is 0 Å². The molecule has 11 nitrogen and oxygen atoms in total. The van der Waals surface area contributed by atoms with Gasteiger partial charge in [-0.3, -0.25) is 10.3 Å². The smallest absolute Gasteiger partial charge is 0.411 e. The molecule has 0 saturated heterocycles. The maximum Gasteiger partial charge on any atom is 0.411 e. The molecular weight excluding hydrogens is 480 g/mol. The molecule has 0 fully saturated rings. The third-order valence-electron chi connectivity index (χ3n) is 5.28. The fraction of sp³-hybridized carbons (Fsp3) is 0.231. The van der Waals surface area contributed by atoms with Gasteiger partial charge in [0.05, 0.1) is 13.2 Å². The third-order valence-corrected chi connectivity index (χ3v) is 5.28. The van der Waals surface area contributed by atoms with Crippen molar-refractivity contribution in [3.05, 3.63) is 78.1 Å². The van der Waals surface area contributed by atoms with Crippen molar-refractivity contribution in [1.82, 2.24) is 10.3 Å². The number of nitrogens with one attached hydrogen (secondary N) is 2. The summed E-state index contributed by atoms with van der Waals surface area (Å²) in [6, 6.07) is 15.3. The number of anilines is 2. The molecule has 1 aromatic heterocycles. The number of nitrogen functional groups attached to an aromatic ring is 1. The van der Waals surface area contributed by atoms with Gasteiger partial charge in [0, 0.05) is 41.5 Å². The first kappa shape index (κ1) is 27.0. The van der Waals surface area contributed by atoms with Crippen LogP contribution in [0, 0.1) is 0 Å².